The first-order valence-electron chi connectivity index (χ1n) is 9.11. The summed E-state index contributed by atoms with van der Waals surface area (Å²) in [5, 5.41) is 14.6. The monoisotopic (exact) mass is 408 g/mol. The number of pyridine rings is 1. The number of anilines is 1. The van der Waals surface area contributed by atoms with Gasteiger partial charge in [-0.15, -0.1) is 0 Å². The van der Waals surface area contributed by atoms with Gasteiger partial charge < -0.3 is 15.4 Å². The number of hydrogen-bond donors (Lipinski definition) is 4. The molecule has 0 fully saturated rings. The van der Waals surface area contributed by atoms with Gasteiger partial charge in [0.05, 0.1) is 17.6 Å². The van der Waals surface area contributed by atoms with E-state index in [1.165, 1.54) is 5.48 Å². The molecule has 3 amide bonds. The molecule has 3 aromatic rings. The molecular weight excluding hydrogens is 388 g/mol. The molecule has 0 saturated heterocycles. The van der Waals surface area contributed by atoms with E-state index >= 15 is 0 Å². The van der Waals surface area contributed by atoms with Gasteiger partial charge in [-0.1, -0.05) is 48.5 Å². The molecule has 9 heteroatoms. The van der Waals surface area contributed by atoms with Crippen molar-refractivity contribution in [3.05, 3.63) is 72.4 Å². The molecular formula is C21H20N4O5. The minimum absolute atomic E-state index is 0.000448. The summed E-state index contributed by atoms with van der Waals surface area (Å²) < 4.78 is 5.11. The van der Waals surface area contributed by atoms with Gasteiger partial charge in [-0.05, 0) is 17.7 Å². The molecule has 0 aliphatic heterocycles. The molecule has 1 atom stereocenters. The van der Waals surface area contributed by atoms with E-state index in [9.17, 15) is 14.4 Å². The SMILES string of the molecule is O=C(C[C@H](NC(=O)OCc1ccccc1)C(=O)Nc1cccc2cccnc12)NO. The lowest BCUT2D eigenvalue weighted by Gasteiger charge is -2.18. The summed E-state index contributed by atoms with van der Waals surface area (Å²) >= 11 is 0. The average Bonchev–Trinajstić information content (AvgIpc) is 2.78. The molecule has 0 aliphatic carbocycles. The number of aromatic nitrogens is 1. The fourth-order valence-electron chi connectivity index (χ4n) is 2.77. The normalized spacial score (nSPS) is 11.4. The van der Waals surface area contributed by atoms with Crippen molar-refractivity contribution in [2.75, 3.05) is 5.32 Å². The Labute approximate surface area is 172 Å². The molecule has 0 unspecified atom stereocenters. The lowest BCUT2D eigenvalue weighted by Crippen LogP contribution is -2.46. The second-order valence-corrected chi connectivity index (χ2v) is 6.37. The zero-order valence-electron chi connectivity index (χ0n) is 15.9. The zero-order valence-corrected chi connectivity index (χ0v) is 15.9. The molecule has 154 valence electrons. The first kappa shape index (κ1) is 20.7. The Morgan fingerprint density at radius 2 is 1.77 bits per heavy atom. The fraction of sp³-hybridized carbons (Fsp3) is 0.143. The van der Waals surface area contributed by atoms with Crippen molar-refractivity contribution in [2.24, 2.45) is 0 Å². The number of carbonyl (C=O) groups is 3. The van der Waals surface area contributed by atoms with Gasteiger partial charge in [0.1, 0.15) is 12.6 Å². The van der Waals surface area contributed by atoms with Gasteiger partial charge in [0, 0.05) is 11.6 Å². The molecule has 4 N–H and O–H groups in total. The Kier molecular flexibility index (Phi) is 6.91. The number of nitrogens with zero attached hydrogens (tertiary/aromatic N) is 1. The number of rotatable bonds is 7. The van der Waals surface area contributed by atoms with Gasteiger partial charge in [-0.3, -0.25) is 19.8 Å². The second-order valence-electron chi connectivity index (χ2n) is 6.37. The van der Waals surface area contributed by atoms with Crippen LogP contribution in [0.5, 0.6) is 0 Å². The van der Waals surface area contributed by atoms with E-state index in [2.05, 4.69) is 15.6 Å². The predicted molar refractivity (Wildman–Crippen MR) is 108 cm³/mol. The summed E-state index contributed by atoms with van der Waals surface area (Å²) in [6.07, 6.45) is 0.232. The molecule has 0 radical (unpaired) electrons. The van der Waals surface area contributed by atoms with Gasteiger partial charge in [-0.25, -0.2) is 10.3 Å². The Morgan fingerprint density at radius 3 is 2.53 bits per heavy atom. The summed E-state index contributed by atoms with van der Waals surface area (Å²) in [6.45, 7) is 0.000448. The number of fused-ring (bicyclic) bond motifs is 1. The highest BCUT2D eigenvalue weighted by Gasteiger charge is 2.25. The highest BCUT2D eigenvalue weighted by molar-refractivity contribution is 6.04. The van der Waals surface area contributed by atoms with Crippen molar-refractivity contribution >= 4 is 34.5 Å². The smallest absolute Gasteiger partial charge is 0.408 e. The van der Waals surface area contributed by atoms with E-state index < -0.39 is 30.4 Å². The molecule has 0 spiro atoms. The van der Waals surface area contributed by atoms with E-state index in [0.717, 1.165) is 10.9 Å². The molecule has 3 rings (SSSR count). The Morgan fingerprint density at radius 1 is 1.00 bits per heavy atom. The zero-order chi connectivity index (χ0) is 21.3. The third kappa shape index (κ3) is 5.52. The Balaban J connectivity index is 1.69. The maximum atomic E-state index is 12.7. The Hall–Kier alpha value is -3.98. The third-order valence-corrected chi connectivity index (χ3v) is 4.23. The van der Waals surface area contributed by atoms with Gasteiger partial charge in [0.2, 0.25) is 11.8 Å². The number of hydrogen-bond acceptors (Lipinski definition) is 6. The number of ether oxygens (including phenoxy) is 1. The third-order valence-electron chi connectivity index (χ3n) is 4.23. The number of hydroxylamine groups is 1. The van der Waals surface area contributed by atoms with Crippen LogP contribution >= 0.6 is 0 Å². The first-order chi connectivity index (χ1) is 14.6. The highest BCUT2D eigenvalue weighted by atomic mass is 16.5. The maximum Gasteiger partial charge on any atom is 0.408 e. The molecule has 0 saturated carbocycles. The summed E-state index contributed by atoms with van der Waals surface area (Å²) in [5.74, 6) is -1.50. The molecule has 9 nitrogen and oxygen atoms in total. The molecule has 0 aliphatic rings. The highest BCUT2D eigenvalue weighted by Crippen LogP contribution is 2.21. The van der Waals surface area contributed by atoms with E-state index in [4.69, 9.17) is 9.94 Å². The first-order valence-corrected chi connectivity index (χ1v) is 9.11. The van der Waals surface area contributed by atoms with Crippen molar-refractivity contribution < 1.29 is 24.3 Å². The molecule has 0 bridgehead atoms. The summed E-state index contributed by atoms with van der Waals surface area (Å²) in [7, 11) is 0. The van der Waals surface area contributed by atoms with Gasteiger partial charge in [-0.2, -0.15) is 0 Å². The lowest BCUT2D eigenvalue weighted by molar-refractivity contribution is -0.132. The quantitative estimate of drug-likeness (QED) is 0.351. The number of para-hydroxylation sites is 1. The van der Waals surface area contributed by atoms with E-state index in [1.54, 1.807) is 48.7 Å². The van der Waals surface area contributed by atoms with E-state index in [1.807, 2.05) is 18.2 Å². The van der Waals surface area contributed by atoms with Crippen LogP contribution in [0.25, 0.3) is 10.9 Å². The van der Waals surface area contributed by atoms with E-state index in [0.29, 0.717) is 11.2 Å². The maximum absolute atomic E-state index is 12.7. The van der Waals surface area contributed by atoms with Gasteiger partial charge in [0.25, 0.3) is 0 Å². The molecule has 2 aromatic carbocycles. The van der Waals surface area contributed by atoms with Crippen LogP contribution in [0.2, 0.25) is 0 Å². The van der Waals surface area contributed by atoms with Crippen LogP contribution in [0, 0.1) is 0 Å². The van der Waals surface area contributed by atoms with Crippen LogP contribution in [-0.4, -0.2) is 34.1 Å². The van der Waals surface area contributed by atoms with Gasteiger partial charge >= 0.3 is 6.09 Å². The number of benzene rings is 2. The summed E-state index contributed by atoms with van der Waals surface area (Å²) in [4.78, 5) is 40.7. The Bertz CT molecular complexity index is 1040. The second kappa shape index (κ2) is 9.99. The predicted octanol–water partition coefficient (Wildman–Crippen LogP) is 2.36. The average molecular weight is 408 g/mol. The molecule has 30 heavy (non-hydrogen) atoms. The lowest BCUT2D eigenvalue weighted by atomic mass is 10.1. The largest absolute Gasteiger partial charge is 0.445 e. The number of amides is 3. The standard InChI is InChI=1S/C21H20N4O5/c26-18(25-29)12-17(24-21(28)30-13-14-6-2-1-3-7-14)20(27)23-16-10-4-8-15-9-5-11-22-19(15)16/h1-11,17,29H,12-13H2,(H,23,27)(H,24,28)(H,25,26)/t17-/m0/s1. The van der Waals surface area contributed by atoms with Gasteiger partial charge in [0.15, 0.2) is 0 Å². The van der Waals surface area contributed by atoms with Crippen LogP contribution in [-0.2, 0) is 20.9 Å². The minimum Gasteiger partial charge on any atom is -0.445 e. The van der Waals surface area contributed by atoms with Crippen LogP contribution in [0.3, 0.4) is 0 Å². The van der Waals surface area contributed by atoms with Crippen molar-refractivity contribution in [1.82, 2.24) is 15.8 Å². The van der Waals surface area contributed by atoms with Crippen LogP contribution in [0.4, 0.5) is 10.5 Å². The van der Waals surface area contributed by atoms with E-state index in [-0.39, 0.29) is 6.61 Å². The molecule has 1 aromatic heterocycles. The van der Waals surface area contributed by atoms with Crippen molar-refractivity contribution in [3.8, 4) is 0 Å². The number of alkyl carbamates (subject to hydrolysis) is 1. The van der Waals surface area contributed by atoms with Crippen molar-refractivity contribution in [3.63, 3.8) is 0 Å². The number of carbonyl (C=O) groups excluding carboxylic acids is 3. The summed E-state index contributed by atoms with van der Waals surface area (Å²) in [5.41, 5.74) is 3.20. The van der Waals surface area contributed by atoms with Crippen LogP contribution in [0.15, 0.2) is 66.9 Å². The number of nitrogens with one attached hydrogen (secondary N) is 3. The minimum atomic E-state index is -1.28. The van der Waals surface area contributed by atoms with Crippen LogP contribution < -0.4 is 16.1 Å². The van der Waals surface area contributed by atoms with Crippen molar-refractivity contribution in [2.45, 2.75) is 19.1 Å². The molecule has 1 heterocycles. The fourth-order valence-corrected chi connectivity index (χ4v) is 2.77. The summed E-state index contributed by atoms with van der Waals surface area (Å²) in [6, 6.07) is 16.6. The topological polar surface area (TPSA) is 130 Å². The van der Waals surface area contributed by atoms with Crippen LogP contribution in [0.1, 0.15) is 12.0 Å². The van der Waals surface area contributed by atoms with Crippen molar-refractivity contribution in [1.29, 1.82) is 0 Å².